The Bertz CT molecular complexity index is 673. The predicted octanol–water partition coefficient (Wildman–Crippen LogP) is 4.79. The quantitative estimate of drug-likeness (QED) is 0.615. The third-order valence-electron chi connectivity index (χ3n) is 3.27. The van der Waals surface area contributed by atoms with Gasteiger partial charge in [0.2, 0.25) is 5.91 Å². The zero-order valence-corrected chi connectivity index (χ0v) is 13.4. The Labute approximate surface area is 137 Å². The topological polar surface area (TPSA) is 38.3 Å². The minimum atomic E-state index is -0.111. The van der Waals surface area contributed by atoms with Gasteiger partial charge in [0.15, 0.2) is 0 Å². The number of benzene rings is 2. The smallest absolute Gasteiger partial charge is 0.244 e. The van der Waals surface area contributed by atoms with Gasteiger partial charge >= 0.3 is 0 Å². The summed E-state index contributed by atoms with van der Waals surface area (Å²) in [6.45, 7) is 3.86. The molecule has 0 bridgehead atoms. The van der Waals surface area contributed by atoms with Gasteiger partial charge in [-0.15, -0.1) is 0 Å². The highest BCUT2D eigenvalue weighted by Gasteiger charge is 2.07. The van der Waals surface area contributed by atoms with Crippen LogP contribution in [0.1, 0.15) is 25.5 Å². The van der Waals surface area contributed by atoms with Crippen LogP contribution in [0, 0.1) is 0 Å². The molecule has 0 aromatic heterocycles. The van der Waals surface area contributed by atoms with Crippen LogP contribution in [-0.2, 0) is 4.79 Å². The number of allylic oxidation sites excluding steroid dienone is 3. The molecule has 0 radical (unpaired) electrons. The molecule has 2 rings (SSSR count). The van der Waals surface area contributed by atoms with Gasteiger partial charge in [-0.05, 0) is 43.7 Å². The van der Waals surface area contributed by atoms with E-state index in [1.807, 2.05) is 80.6 Å². The summed E-state index contributed by atoms with van der Waals surface area (Å²) < 4.78 is 5.75. The summed E-state index contributed by atoms with van der Waals surface area (Å²) in [5, 5.41) is 2.92. The number of carbonyl (C=O) groups is 1. The lowest BCUT2D eigenvalue weighted by Gasteiger charge is -2.13. The van der Waals surface area contributed by atoms with Crippen LogP contribution >= 0.6 is 0 Å². The average molecular weight is 307 g/mol. The van der Waals surface area contributed by atoms with E-state index in [1.54, 1.807) is 6.08 Å². The standard InChI is InChI=1S/C20H21NO2/c1-3-4-6-11-20(22)21-16(2)17-12-14-19(15-13-17)23-18-9-7-5-8-10-18/h3-16H,1-2H3,(H,21,22)/b4-3+,11-6+. The van der Waals surface area contributed by atoms with Crippen molar-refractivity contribution in [2.45, 2.75) is 19.9 Å². The van der Waals surface area contributed by atoms with Crippen molar-refractivity contribution in [3.8, 4) is 11.5 Å². The lowest BCUT2D eigenvalue weighted by Crippen LogP contribution is -2.24. The second-order valence-corrected chi connectivity index (χ2v) is 5.10. The fourth-order valence-corrected chi connectivity index (χ4v) is 2.05. The predicted molar refractivity (Wildman–Crippen MR) is 93.5 cm³/mol. The summed E-state index contributed by atoms with van der Waals surface area (Å²) in [7, 11) is 0. The van der Waals surface area contributed by atoms with Gasteiger partial charge in [0.05, 0.1) is 6.04 Å². The highest BCUT2D eigenvalue weighted by Crippen LogP contribution is 2.23. The summed E-state index contributed by atoms with van der Waals surface area (Å²) in [4.78, 5) is 11.8. The molecule has 1 atom stereocenters. The van der Waals surface area contributed by atoms with Crippen LogP contribution in [0.2, 0.25) is 0 Å². The third-order valence-corrected chi connectivity index (χ3v) is 3.27. The molecule has 23 heavy (non-hydrogen) atoms. The molecule has 118 valence electrons. The van der Waals surface area contributed by atoms with Crippen molar-refractivity contribution in [2.24, 2.45) is 0 Å². The minimum absolute atomic E-state index is 0.0662. The summed E-state index contributed by atoms with van der Waals surface area (Å²) >= 11 is 0. The number of hydrogen-bond donors (Lipinski definition) is 1. The van der Waals surface area contributed by atoms with E-state index in [2.05, 4.69) is 5.32 Å². The largest absolute Gasteiger partial charge is 0.457 e. The van der Waals surface area contributed by atoms with Crippen LogP contribution < -0.4 is 10.1 Å². The fourth-order valence-electron chi connectivity index (χ4n) is 2.05. The van der Waals surface area contributed by atoms with E-state index in [1.165, 1.54) is 6.08 Å². The summed E-state index contributed by atoms with van der Waals surface area (Å²) in [5.41, 5.74) is 1.03. The molecule has 0 aliphatic heterocycles. The number of carbonyl (C=O) groups excluding carboxylic acids is 1. The van der Waals surface area contributed by atoms with Crippen molar-refractivity contribution in [3.63, 3.8) is 0 Å². The number of ether oxygens (including phenoxy) is 1. The Morgan fingerprint density at radius 2 is 1.65 bits per heavy atom. The van der Waals surface area contributed by atoms with Crippen LogP contribution in [0.3, 0.4) is 0 Å². The highest BCUT2D eigenvalue weighted by molar-refractivity contribution is 5.88. The van der Waals surface area contributed by atoms with E-state index in [9.17, 15) is 4.79 Å². The Hall–Kier alpha value is -2.81. The maximum Gasteiger partial charge on any atom is 0.244 e. The molecule has 0 saturated carbocycles. The van der Waals surface area contributed by atoms with Crippen LogP contribution in [0.4, 0.5) is 0 Å². The summed E-state index contributed by atoms with van der Waals surface area (Å²) in [5.74, 6) is 1.46. The average Bonchev–Trinajstić information content (AvgIpc) is 2.56. The maximum absolute atomic E-state index is 11.8. The SMILES string of the molecule is C/C=C/C=C/C(=O)NC(C)c1ccc(Oc2ccccc2)cc1. The molecule has 0 heterocycles. The Balaban J connectivity index is 1.94. The maximum atomic E-state index is 11.8. The summed E-state index contributed by atoms with van der Waals surface area (Å²) in [6, 6.07) is 17.3. The van der Waals surface area contributed by atoms with Crippen molar-refractivity contribution >= 4 is 5.91 Å². The normalized spacial score (nSPS) is 12.4. The molecule has 1 N–H and O–H groups in total. The molecule has 0 spiro atoms. The van der Waals surface area contributed by atoms with Gasteiger partial charge in [-0.25, -0.2) is 0 Å². The second kappa shape index (κ2) is 8.59. The molecule has 2 aromatic rings. The van der Waals surface area contributed by atoms with Gasteiger partial charge in [0, 0.05) is 6.08 Å². The van der Waals surface area contributed by atoms with E-state index in [0.29, 0.717) is 0 Å². The van der Waals surface area contributed by atoms with Gasteiger partial charge in [-0.3, -0.25) is 4.79 Å². The first-order valence-electron chi connectivity index (χ1n) is 7.62. The molecular weight excluding hydrogens is 286 g/mol. The van der Waals surface area contributed by atoms with Gasteiger partial charge in [0.25, 0.3) is 0 Å². The molecule has 0 aliphatic carbocycles. The van der Waals surface area contributed by atoms with E-state index in [-0.39, 0.29) is 11.9 Å². The first kappa shape index (κ1) is 16.6. The lowest BCUT2D eigenvalue weighted by atomic mass is 10.1. The Morgan fingerprint density at radius 1 is 1.00 bits per heavy atom. The highest BCUT2D eigenvalue weighted by atomic mass is 16.5. The van der Waals surface area contributed by atoms with Crippen LogP contribution in [0.5, 0.6) is 11.5 Å². The fraction of sp³-hybridized carbons (Fsp3) is 0.150. The van der Waals surface area contributed by atoms with E-state index >= 15 is 0 Å². The molecule has 1 unspecified atom stereocenters. The number of amides is 1. The monoisotopic (exact) mass is 307 g/mol. The molecule has 0 saturated heterocycles. The number of hydrogen-bond acceptors (Lipinski definition) is 2. The summed E-state index contributed by atoms with van der Waals surface area (Å²) in [6.07, 6.45) is 6.93. The first-order valence-corrected chi connectivity index (χ1v) is 7.62. The third kappa shape index (κ3) is 5.47. The van der Waals surface area contributed by atoms with Gasteiger partial charge < -0.3 is 10.1 Å². The molecule has 1 amide bonds. The zero-order valence-electron chi connectivity index (χ0n) is 13.4. The minimum Gasteiger partial charge on any atom is -0.457 e. The molecule has 3 nitrogen and oxygen atoms in total. The van der Waals surface area contributed by atoms with Crippen LogP contribution in [0.15, 0.2) is 78.9 Å². The molecule has 3 heteroatoms. The van der Waals surface area contributed by atoms with Crippen molar-refractivity contribution < 1.29 is 9.53 Å². The molecule has 0 fully saturated rings. The number of para-hydroxylation sites is 1. The van der Waals surface area contributed by atoms with E-state index in [4.69, 9.17) is 4.74 Å². The lowest BCUT2D eigenvalue weighted by molar-refractivity contribution is -0.117. The van der Waals surface area contributed by atoms with Gasteiger partial charge in [-0.2, -0.15) is 0 Å². The van der Waals surface area contributed by atoms with Crippen LogP contribution in [-0.4, -0.2) is 5.91 Å². The van der Waals surface area contributed by atoms with E-state index in [0.717, 1.165) is 17.1 Å². The second-order valence-electron chi connectivity index (χ2n) is 5.10. The first-order chi connectivity index (χ1) is 11.2. The zero-order chi connectivity index (χ0) is 16.5. The van der Waals surface area contributed by atoms with Gasteiger partial charge in [-0.1, -0.05) is 48.6 Å². The van der Waals surface area contributed by atoms with Crippen molar-refractivity contribution in [2.75, 3.05) is 0 Å². The van der Waals surface area contributed by atoms with Crippen molar-refractivity contribution in [3.05, 3.63) is 84.5 Å². The van der Waals surface area contributed by atoms with Crippen LogP contribution in [0.25, 0.3) is 0 Å². The molecule has 2 aromatic carbocycles. The molecule has 0 aliphatic rings. The Morgan fingerprint density at radius 3 is 2.30 bits per heavy atom. The number of rotatable bonds is 6. The van der Waals surface area contributed by atoms with Gasteiger partial charge in [0.1, 0.15) is 11.5 Å². The van der Waals surface area contributed by atoms with Crippen molar-refractivity contribution in [1.82, 2.24) is 5.32 Å². The molecular formula is C20H21NO2. The number of nitrogens with one attached hydrogen (secondary N) is 1. The Kier molecular flexibility index (Phi) is 6.18. The van der Waals surface area contributed by atoms with Crippen molar-refractivity contribution in [1.29, 1.82) is 0 Å². The van der Waals surface area contributed by atoms with E-state index < -0.39 is 0 Å².